The minimum Gasteiger partial charge on any atom is -0.0867 e. The number of fused-ring (bicyclic) bond motifs is 3. The zero-order chi connectivity index (χ0) is 24.2. The lowest BCUT2D eigenvalue weighted by Gasteiger charge is -2.18. The topological polar surface area (TPSA) is 0 Å². The third kappa shape index (κ3) is 4.58. The third-order valence-corrected chi connectivity index (χ3v) is 6.62. The van der Waals surface area contributed by atoms with Gasteiger partial charge in [0, 0.05) is 0 Å². The highest BCUT2D eigenvalue weighted by atomic mass is 127. The molecule has 0 aliphatic carbocycles. The fraction of sp³-hybridized carbons (Fsp3) is 0.118. The molecule has 0 amide bonds. The zero-order valence-corrected chi connectivity index (χ0v) is 22.4. The predicted molar refractivity (Wildman–Crippen MR) is 164 cm³/mol. The fourth-order valence-corrected chi connectivity index (χ4v) is 5.00. The van der Waals surface area contributed by atoms with E-state index in [4.69, 9.17) is 0 Å². The van der Waals surface area contributed by atoms with Crippen molar-refractivity contribution in [1.29, 1.82) is 0 Å². The van der Waals surface area contributed by atoms with Gasteiger partial charge in [-0.15, -0.1) is 0 Å². The fourth-order valence-electron chi connectivity index (χ4n) is 5.00. The van der Waals surface area contributed by atoms with Crippen molar-refractivity contribution in [2.24, 2.45) is 0 Å². The van der Waals surface area contributed by atoms with Gasteiger partial charge in [-0.1, -0.05) is 146 Å². The molecule has 0 atom stereocenters. The predicted octanol–water partition coefficient (Wildman–Crippen LogP) is 10.5. The van der Waals surface area contributed by atoms with Crippen molar-refractivity contribution in [3.63, 3.8) is 0 Å². The minimum absolute atomic E-state index is 1.06. The Hall–Kier alpha value is -3.17. The Bertz CT molecular complexity index is 1550. The van der Waals surface area contributed by atoms with E-state index in [1.165, 1.54) is 64.6 Å². The summed E-state index contributed by atoms with van der Waals surface area (Å²) in [6.45, 7) is 4.32. The smallest absolute Gasteiger partial charge is 0.00262 e. The highest BCUT2D eigenvalue weighted by molar-refractivity contribution is 14.1. The van der Waals surface area contributed by atoms with Gasteiger partial charge in [-0.2, -0.15) is 0 Å². The number of rotatable bonds is 3. The summed E-state index contributed by atoms with van der Waals surface area (Å²) in [6.07, 6.45) is 1.06. The van der Waals surface area contributed by atoms with Gasteiger partial charge >= 0.3 is 0 Å². The quantitative estimate of drug-likeness (QED) is 0.114. The van der Waals surface area contributed by atoms with Crippen molar-refractivity contribution in [2.75, 3.05) is 4.43 Å². The van der Waals surface area contributed by atoms with Crippen LogP contribution in [-0.4, -0.2) is 4.43 Å². The third-order valence-electron chi connectivity index (χ3n) is 6.62. The Morgan fingerprint density at radius 3 is 1.43 bits per heavy atom. The van der Waals surface area contributed by atoms with Crippen LogP contribution in [0.1, 0.15) is 19.4 Å². The van der Waals surface area contributed by atoms with Crippen LogP contribution in [0.15, 0.2) is 115 Å². The highest BCUT2D eigenvalue weighted by Crippen LogP contribution is 2.43. The molecule has 0 unspecified atom stereocenters. The maximum absolute atomic E-state index is 2.33. The summed E-state index contributed by atoms with van der Waals surface area (Å²) in [7, 11) is 0. The van der Waals surface area contributed by atoms with E-state index in [1.54, 1.807) is 0 Å². The maximum Gasteiger partial charge on any atom is -0.00262 e. The summed E-state index contributed by atoms with van der Waals surface area (Å²) < 4.78 is 1.22. The molecule has 0 saturated carbocycles. The van der Waals surface area contributed by atoms with Crippen molar-refractivity contribution in [2.45, 2.75) is 20.3 Å². The molecule has 0 heterocycles. The SMILES string of the molecule is CCI.CCc1ccc(-c2c3ccccc3c(-c3ccc4ccccc4c3)c3ccccc23)cc1. The number of hydrogen-bond donors (Lipinski definition) is 0. The Morgan fingerprint density at radius 2 is 0.914 bits per heavy atom. The average Bonchev–Trinajstić information content (AvgIpc) is 2.92. The monoisotopic (exact) mass is 564 g/mol. The van der Waals surface area contributed by atoms with Gasteiger partial charge in [0.05, 0.1) is 0 Å². The lowest BCUT2D eigenvalue weighted by Crippen LogP contribution is -1.91. The van der Waals surface area contributed by atoms with Gasteiger partial charge < -0.3 is 0 Å². The van der Waals surface area contributed by atoms with Crippen LogP contribution in [0.25, 0.3) is 54.6 Å². The van der Waals surface area contributed by atoms with E-state index in [1.807, 2.05) is 0 Å². The van der Waals surface area contributed by atoms with Crippen LogP contribution in [0.2, 0.25) is 0 Å². The van der Waals surface area contributed by atoms with E-state index >= 15 is 0 Å². The van der Waals surface area contributed by atoms with Crippen molar-refractivity contribution in [3.05, 3.63) is 121 Å². The number of benzene rings is 6. The molecule has 6 aromatic carbocycles. The molecule has 0 aliphatic rings. The first kappa shape index (κ1) is 23.6. The summed E-state index contributed by atoms with van der Waals surface area (Å²) in [6, 6.07) is 42.3. The Morgan fingerprint density at radius 1 is 0.486 bits per heavy atom. The molecule has 172 valence electrons. The van der Waals surface area contributed by atoms with Gasteiger partial charge in [0.2, 0.25) is 0 Å². The molecule has 0 bridgehead atoms. The first-order valence-electron chi connectivity index (χ1n) is 12.3. The lowest BCUT2D eigenvalue weighted by atomic mass is 9.85. The first-order chi connectivity index (χ1) is 17.2. The number of hydrogen-bond acceptors (Lipinski definition) is 0. The zero-order valence-electron chi connectivity index (χ0n) is 20.3. The van der Waals surface area contributed by atoms with Crippen LogP contribution in [-0.2, 0) is 6.42 Å². The summed E-state index contributed by atoms with van der Waals surface area (Å²) in [4.78, 5) is 0. The van der Waals surface area contributed by atoms with Crippen LogP contribution >= 0.6 is 22.6 Å². The van der Waals surface area contributed by atoms with Gasteiger partial charge in [-0.25, -0.2) is 0 Å². The summed E-state index contributed by atoms with van der Waals surface area (Å²) >= 11 is 2.29. The van der Waals surface area contributed by atoms with Crippen molar-refractivity contribution < 1.29 is 0 Å². The van der Waals surface area contributed by atoms with Crippen LogP contribution in [0.5, 0.6) is 0 Å². The van der Waals surface area contributed by atoms with Crippen LogP contribution in [0.4, 0.5) is 0 Å². The van der Waals surface area contributed by atoms with Crippen LogP contribution in [0.3, 0.4) is 0 Å². The summed E-state index contributed by atoms with van der Waals surface area (Å²) in [5, 5.41) is 7.76. The molecule has 6 aromatic rings. The molecule has 35 heavy (non-hydrogen) atoms. The van der Waals surface area contributed by atoms with E-state index in [-0.39, 0.29) is 0 Å². The van der Waals surface area contributed by atoms with E-state index < -0.39 is 0 Å². The molecule has 6 rings (SSSR count). The van der Waals surface area contributed by atoms with Crippen molar-refractivity contribution in [1.82, 2.24) is 0 Å². The summed E-state index contributed by atoms with van der Waals surface area (Å²) in [5.41, 5.74) is 6.55. The molecule has 0 aromatic heterocycles. The normalized spacial score (nSPS) is 10.9. The molecule has 0 nitrogen and oxygen atoms in total. The second-order valence-corrected chi connectivity index (χ2v) is 10.2. The Kier molecular flexibility index (Phi) is 7.15. The second-order valence-electron chi connectivity index (χ2n) is 8.72. The highest BCUT2D eigenvalue weighted by Gasteiger charge is 2.16. The number of alkyl halides is 1. The van der Waals surface area contributed by atoms with Gasteiger partial charge in [-0.3, -0.25) is 0 Å². The molecule has 1 heteroatoms. The number of halogens is 1. The number of aryl methyl sites for hydroxylation is 1. The van der Waals surface area contributed by atoms with E-state index in [2.05, 4.69) is 152 Å². The second kappa shape index (κ2) is 10.6. The van der Waals surface area contributed by atoms with Gasteiger partial charge in [0.15, 0.2) is 0 Å². The van der Waals surface area contributed by atoms with Gasteiger partial charge in [0.25, 0.3) is 0 Å². The van der Waals surface area contributed by atoms with Gasteiger partial charge in [-0.05, 0) is 77.0 Å². The molecular formula is C34H29I. The molecule has 0 spiro atoms. The maximum atomic E-state index is 2.33. The minimum atomic E-state index is 1.06. The molecule has 0 saturated heterocycles. The van der Waals surface area contributed by atoms with Crippen molar-refractivity contribution in [3.8, 4) is 22.3 Å². The largest absolute Gasteiger partial charge is 0.0867 e. The molecular weight excluding hydrogens is 535 g/mol. The van der Waals surface area contributed by atoms with E-state index in [0.29, 0.717) is 0 Å². The van der Waals surface area contributed by atoms with Crippen LogP contribution < -0.4 is 0 Å². The molecule has 0 N–H and O–H groups in total. The van der Waals surface area contributed by atoms with E-state index in [9.17, 15) is 0 Å². The standard InChI is InChI=1S/C32H24.C2H5I/c1-2-22-15-17-24(18-16-22)31-27-11-5-7-13-29(27)32(30-14-8-6-12-28(30)31)26-20-19-23-9-3-4-10-25(23)21-26;1-2-3/h3-21H,2H2,1H3;2H2,1H3. The molecule has 0 aliphatic heterocycles. The van der Waals surface area contributed by atoms with Gasteiger partial charge in [0.1, 0.15) is 0 Å². The average molecular weight is 565 g/mol. The Balaban J connectivity index is 0.000000806. The first-order valence-corrected chi connectivity index (χ1v) is 13.9. The Labute approximate surface area is 221 Å². The van der Waals surface area contributed by atoms with Crippen LogP contribution in [0, 0.1) is 0 Å². The molecule has 0 fully saturated rings. The molecule has 0 radical (unpaired) electrons. The lowest BCUT2D eigenvalue weighted by molar-refractivity contribution is 1.14. The van der Waals surface area contributed by atoms with Crippen molar-refractivity contribution >= 4 is 54.9 Å². The summed E-state index contributed by atoms with van der Waals surface area (Å²) in [5.74, 6) is 0. The van der Waals surface area contributed by atoms with E-state index in [0.717, 1.165) is 6.42 Å².